The smallest absolute Gasteiger partial charge is 0.237 e. The summed E-state index contributed by atoms with van der Waals surface area (Å²) in [7, 11) is -3.34. The van der Waals surface area contributed by atoms with E-state index in [4.69, 9.17) is 0 Å². The van der Waals surface area contributed by atoms with Gasteiger partial charge in [0, 0.05) is 40.8 Å². The van der Waals surface area contributed by atoms with Crippen LogP contribution in [0.1, 0.15) is 51.0 Å². The van der Waals surface area contributed by atoms with Crippen molar-refractivity contribution < 1.29 is 18.0 Å². The van der Waals surface area contributed by atoms with Gasteiger partial charge in [0.2, 0.25) is 11.8 Å². The SMILES string of the molecule is CCCS(=O)(=O)CC(=O)N1CCC(NC(=O)CCc2cscc2Br)C2(CCC2)C1. The third kappa shape index (κ3) is 5.61. The van der Waals surface area contributed by atoms with Crippen LogP contribution in [0.4, 0.5) is 0 Å². The molecule has 9 heteroatoms. The molecule has 1 saturated heterocycles. The Hall–Kier alpha value is -0.930. The van der Waals surface area contributed by atoms with Crippen LogP contribution in [-0.4, -0.2) is 55.8 Å². The Labute approximate surface area is 185 Å². The number of thiophene rings is 1. The van der Waals surface area contributed by atoms with Gasteiger partial charge in [-0.15, -0.1) is 0 Å². The van der Waals surface area contributed by atoms with Crippen LogP contribution in [0.25, 0.3) is 0 Å². The van der Waals surface area contributed by atoms with Crippen molar-refractivity contribution in [1.82, 2.24) is 10.2 Å². The van der Waals surface area contributed by atoms with Gasteiger partial charge in [-0.1, -0.05) is 13.3 Å². The molecule has 1 aliphatic carbocycles. The summed E-state index contributed by atoms with van der Waals surface area (Å²) in [4.78, 5) is 26.8. The first kappa shape index (κ1) is 22.7. The van der Waals surface area contributed by atoms with E-state index >= 15 is 0 Å². The Morgan fingerprint density at radius 2 is 2.10 bits per heavy atom. The minimum absolute atomic E-state index is 0.0460. The van der Waals surface area contributed by atoms with E-state index in [0.29, 0.717) is 38.8 Å². The third-order valence-corrected chi connectivity index (χ3v) is 9.69. The molecule has 0 radical (unpaired) electrons. The zero-order valence-electron chi connectivity index (χ0n) is 16.8. The fourth-order valence-electron chi connectivity index (χ4n) is 4.40. The number of nitrogens with zero attached hydrogens (tertiary/aromatic N) is 1. The number of hydrogen-bond acceptors (Lipinski definition) is 5. The number of nitrogens with one attached hydrogen (secondary N) is 1. The lowest BCUT2D eigenvalue weighted by Crippen LogP contribution is -2.62. The molecule has 1 N–H and O–H groups in total. The van der Waals surface area contributed by atoms with Crippen molar-refractivity contribution >= 4 is 48.9 Å². The van der Waals surface area contributed by atoms with Crippen LogP contribution in [0.2, 0.25) is 0 Å². The van der Waals surface area contributed by atoms with E-state index in [1.54, 1.807) is 23.2 Å². The van der Waals surface area contributed by atoms with Crippen LogP contribution >= 0.6 is 27.3 Å². The molecule has 1 unspecified atom stereocenters. The summed E-state index contributed by atoms with van der Waals surface area (Å²) in [6.07, 6.45) is 5.39. The number of aryl methyl sites for hydroxylation is 1. The van der Waals surface area contributed by atoms with Gasteiger partial charge in [-0.2, -0.15) is 11.3 Å². The quantitative estimate of drug-likeness (QED) is 0.589. The van der Waals surface area contributed by atoms with Gasteiger partial charge in [0.15, 0.2) is 9.84 Å². The predicted molar refractivity (Wildman–Crippen MR) is 119 cm³/mol. The fraction of sp³-hybridized carbons (Fsp3) is 0.700. The lowest BCUT2D eigenvalue weighted by molar-refractivity contribution is -0.136. The van der Waals surface area contributed by atoms with E-state index < -0.39 is 15.6 Å². The molecule has 1 atom stereocenters. The molecule has 2 heterocycles. The first-order chi connectivity index (χ1) is 13.7. The maximum absolute atomic E-state index is 12.6. The maximum Gasteiger partial charge on any atom is 0.237 e. The standard InChI is InChI=1S/C20H29BrN2O4S2/c1-2-10-29(26,27)13-19(25)23-9-6-17(20(14-23)7-3-8-20)22-18(24)5-4-15-11-28-12-16(15)21/h11-12,17H,2-10,13-14H2,1H3,(H,22,24). The number of amides is 2. The van der Waals surface area contributed by atoms with Crippen LogP contribution in [0.5, 0.6) is 0 Å². The van der Waals surface area contributed by atoms with Gasteiger partial charge in [-0.3, -0.25) is 9.59 Å². The Balaban J connectivity index is 1.55. The highest BCUT2D eigenvalue weighted by Gasteiger charge is 2.49. The van der Waals surface area contributed by atoms with Crippen LogP contribution in [0, 0.1) is 5.41 Å². The van der Waals surface area contributed by atoms with E-state index in [1.165, 1.54) is 0 Å². The van der Waals surface area contributed by atoms with Crippen LogP contribution in [-0.2, 0) is 25.8 Å². The average Bonchev–Trinajstić information content (AvgIpc) is 3.03. The number of hydrogen-bond donors (Lipinski definition) is 1. The first-order valence-corrected chi connectivity index (χ1v) is 13.8. The molecule has 1 aliphatic heterocycles. The predicted octanol–water partition coefficient (Wildman–Crippen LogP) is 3.16. The van der Waals surface area contributed by atoms with Crippen LogP contribution < -0.4 is 5.32 Å². The van der Waals surface area contributed by atoms with E-state index in [0.717, 1.165) is 29.3 Å². The summed E-state index contributed by atoms with van der Waals surface area (Å²) in [5, 5.41) is 7.29. The van der Waals surface area contributed by atoms with E-state index in [-0.39, 0.29) is 29.0 Å². The van der Waals surface area contributed by atoms with Crippen molar-refractivity contribution in [2.45, 2.75) is 57.9 Å². The summed E-state index contributed by atoms with van der Waals surface area (Å²) in [5.41, 5.74) is 1.05. The normalized spacial score (nSPS) is 21.0. The number of likely N-dealkylation sites (tertiary alicyclic amines) is 1. The molecule has 1 aromatic rings. The van der Waals surface area contributed by atoms with Crippen molar-refractivity contribution in [2.75, 3.05) is 24.6 Å². The summed E-state index contributed by atoms with van der Waals surface area (Å²) >= 11 is 5.12. The molecule has 29 heavy (non-hydrogen) atoms. The highest BCUT2D eigenvalue weighted by atomic mass is 79.9. The van der Waals surface area contributed by atoms with Gasteiger partial charge >= 0.3 is 0 Å². The molecule has 1 aromatic heterocycles. The lowest BCUT2D eigenvalue weighted by atomic mass is 9.61. The molecule has 2 amide bonds. The number of carbonyl (C=O) groups is 2. The summed E-state index contributed by atoms with van der Waals surface area (Å²) in [6, 6.07) is 0.0611. The van der Waals surface area contributed by atoms with Crippen LogP contribution in [0.15, 0.2) is 15.2 Å². The average molecular weight is 506 g/mol. The fourth-order valence-corrected chi connectivity index (χ4v) is 7.26. The summed E-state index contributed by atoms with van der Waals surface area (Å²) in [6.45, 7) is 2.86. The molecule has 0 bridgehead atoms. The second kappa shape index (κ2) is 9.47. The lowest BCUT2D eigenvalue weighted by Gasteiger charge is -2.54. The van der Waals surface area contributed by atoms with Gasteiger partial charge in [0.1, 0.15) is 5.75 Å². The highest BCUT2D eigenvalue weighted by molar-refractivity contribution is 9.10. The second-order valence-electron chi connectivity index (χ2n) is 8.28. The van der Waals surface area contributed by atoms with Crippen LogP contribution in [0.3, 0.4) is 0 Å². The van der Waals surface area contributed by atoms with E-state index in [9.17, 15) is 18.0 Å². The number of halogens is 1. The molecule has 6 nitrogen and oxygen atoms in total. The van der Waals surface area contributed by atoms with Crippen molar-refractivity contribution in [3.63, 3.8) is 0 Å². The van der Waals surface area contributed by atoms with E-state index in [2.05, 4.69) is 26.6 Å². The zero-order chi connectivity index (χ0) is 21.1. The minimum Gasteiger partial charge on any atom is -0.353 e. The molecule has 2 aliphatic rings. The molecule has 1 spiro atoms. The van der Waals surface area contributed by atoms with Gasteiger partial charge in [0.05, 0.1) is 5.75 Å². The Morgan fingerprint density at radius 3 is 2.69 bits per heavy atom. The number of rotatable bonds is 8. The van der Waals surface area contributed by atoms with Gasteiger partial charge in [0.25, 0.3) is 0 Å². The zero-order valence-corrected chi connectivity index (χ0v) is 20.0. The first-order valence-electron chi connectivity index (χ1n) is 10.2. The number of carbonyl (C=O) groups excluding carboxylic acids is 2. The third-order valence-electron chi connectivity index (χ3n) is 6.14. The van der Waals surface area contributed by atoms with Crippen molar-refractivity contribution in [3.8, 4) is 0 Å². The monoisotopic (exact) mass is 504 g/mol. The molecule has 2 fully saturated rings. The maximum atomic E-state index is 12.6. The second-order valence-corrected chi connectivity index (χ2v) is 12.1. The number of sulfone groups is 1. The Kier molecular flexibility index (Phi) is 7.43. The Bertz CT molecular complexity index is 848. The molecular weight excluding hydrogens is 476 g/mol. The summed E-state index contributed by atoms with van der Waals surface area (Å²) < 4.78 is 25.1. The van der Waals surface area contributed by atoms with Gasteiger partial charge < -0.3 is 10.2 Å². The van der Waals surface area contributed by atoms with E-state index in [1.807, 2.05) is 5.38 Å². The number of piperidine rings is 1. The topological polar surface area (TPSA) is 83.6 Å². The van der Waals surface area contributed by atoms with Gasteiger partial charge in [-0.05, 0) is 59.0 Å². The van der Waals surface area contributed by atoms with Crippen molar-refractivity contribution in [3.05, 3.63) is 20.8 Å². The van der Waals surface area contributed by atoms with Crippen molar-refractivity contribution in [2.24, 2.45) is 5.41 Å². The minimum atomic E-state index is -3.34. The largest absolute Gasteiger partial charge is 0.353 e. The highest BCUT2D eigenvalue weighted by Crippen LogP contribution is 2.47. The van der Waals surface area contributed by atoms with Crippen molar-refractivity contribution in [1.29, 1.82) is 0 Å². The molecule has 162 valence electrons. The molecule has 3 rings (SSSR count). The summed E-state index contributed by atoms with van der Waals surface area (Å²) in [5.74, 6) is -0.596. The Morgan fingerprint density at radius 1 is 1.34 bits per heavy atom. The molecule has 0 aromatic carbocycles. The van der Waals surface area contributed by atoms with Gasteiger partial charge in [-0.25, -0.2) is 8.42 Å². The molecule has 1 saturated carbocycles. The molecular formula is C20H29BrN2O4S2.